The van der Waals surface area contributed by atoms with Gasteiger partial charge in [-0.25, -0.2) is 14.0 Å². The minimum atomic E-state index is -4.50. The van der Waals surface area contributed by atoms with Crippen LogP contribution in [0.3, 0.4) is 0 Å². The molecule has 4 rings (SSSR count). The lowest BCUT2D eigenvalue weighted by Crippen LogP contribution is -2.33. The molecule has 3 aromatic rings. The van der Waals surface area contributed by atoms with Crippen molar-refractivity contribution in [3.8, 4) is 17.1 Å². The van der Waals surface area contributed by atoms with Gasteiger partial charge in [0.25, 0.3) is 0 Å². The number of amides is 1. The molecular formula is C25H25Cl2F3N4O2. The van der Waals surface area contributed by atoms with Gasteiger partial charge in [-0.3, -0.25) is 4.79 Å². The van der Waals surface area contributed by atoms with E-state index < -0.39 is 17.4 Å². The second kappa shape index (κ2) is 11.1. The van der Waals surface area contributed by atoms with E-state index in [0.717, 1.165) is 44.2 Å². The van der Waals surface area contributed by atoms with E-state index in [0.29, 0.717) is 23.6 Å². The first-order chi connectivity index (χ1) is 17.1. The molecule has 11 heteroatoms. The first kappa shape index (κ1) is 26.3. The standard InChI is InChI=1S/C25H25Cl2F3N4O2/c26-18-9-12-20(21(27)15-18)22-32-33(14-4-13-31-23(35)16-5-2-1-3-6-16)24(36)34(22)19-10-7-17(8-11-19)25(28,29)30/h7-12,15-16H,1-6,13-14H2,(H,31,35). The minimum absolute atomic E-state index is 0.0333. The first-order valence-corrected chi connectivity index (χ1v) is 12.5. The second-order valence-electron chi connectivity index (χ2n) is 8.81. The third-order valence-corrected chi connectivity index (χ3v) is 6.83. The van der Waals surface area contributed by atoms with Gasteiger partial charge in [0.2, 0.25) is 5.91 Å². The quantitative estimate of drug-likeness (QED) is 0.367. The Balaban J connectivity index is 1.58. The summed E-state index contributed by atoms with van der Waals surface area (Å²) in [4.78, 5) is 25.6. The van der Waals surface area contributed by atoms with E-state index in [-0.39, 0.29) is 34.9 Å². The number of carbonyl (C=O) groups is 1. The lowest BCUT2D eigenvalue weighted by molar-refractivity contribution is -0.137. The van der Waals surface area contributed by atoms with Crippen molar-refractivity contribution < 1.29 is 18.0 Å². The number of benzene rings is 2. The number of aryl methyl sites for hydroxylation is 1. The van der Waals surface area contributed by atoms with Gasteiger partial charge in [-0.05, 0) is 61.7 Å². The van der Waals surface area contributed by atoms with Gasteiger partial charge < -0.3 is 5.32 Å². The Kier molecular flexibility index (Phi) is 8.10. The molecular weight excluding hydrogens is 516 g/mol. The van der Waals surface area contributed by atoms with Gasteiger partial charge in [-0.2, -0.15) is 13.2 Å². The SMILES string of the molecule is O=C(NCCCn1nc(-c2ccc(Cl)cc2Cl)n(-c2ccc(C(F)(F)F)cc2)c1=O)C1CCCCC1. The smallest absolute Gasteiger partial charge is 0.356 e. The summed E-state index contributed by atoms with van der Waals surface area (Å²) in [5.41, 5.74) is -0.742. The highest BCUT2D eigenvalue weighted by Crippen LogP contribution is 2.32. The fourth-order valence-corrected chi connectivity index (χ4v) is 4.87. The molecule has 0 unspecified atom stereocenters. The summed E-state index contributed by atoms with van der Waals surface area (Å²) in [5, 5.41) is 7.99. The largest absolute Gasteiger partial charge is 0.416 e. The third-order valence-electron chi connectivity index (χ3n) is 6.29. The van der Waals surface area contributed by atoms with Crippen molar-refractivity contribution in [2.45, 2.75) is 51.2 Å². The maximum absolute atomic E-state index is 13.3. The van der Waals surface area contributed by atoms with E-state index in [1.54, 1.807) is 12.1 Å². The zero-order valence-electron chi connectivity index (χ0n) is 19.3. The molecule has 36 heavy (non-hydrogen) atoms. The van der Waals surface area contributed by atoms with Crippen LogP contribution in [0.4, 0.5) is 13.2 Å². The maximum Gasteiger partial charge on any atom is 0.416 e. The molecule has 0 saturated heterocycles. The van der Waals surface area contributed by atoms with Crippen LogP contribution >= 0.6 is 23.2 Å². The number of hydrogen-bond acceptors (Lipinski definition) is 3. The van der Waals surface area contributed by atoms with Crippen molar-refractivity contribution in [2.24, 2.45) is 5.92 Å². The predicted molar refractivity (Wildman–Crippen MR) is 132 cm³/mol. The summed E-state index contributed by atoms with van der Waals surface area (Å²) in [5.74, 6) is 0.248. The van der Waals surface area contributed by atoms with Crippen LogP contribution < -0.4 is 11.0 Å². The van der Waals surface area contributed by atoms with E-state index in [1.165, 1.54) is 27.4 Å². The molecule has 2 aromatic carbocycles. The molecule has 1 aliphatic rings. The molecule has 192 valence electrons. The number of nitrogens with zero attached hydrogens (tertiary/aromatic N) is 3. The van der Waals surface area contributed by atoms with Crippen LogP contribution in [0, 0.1) is 5.92 Å². The van der Waals surface area contributed by atoms with Crippen molar-refractivity contribution >= 4 is 29.1 Å². The average Bonchev–Trinajstić information content (AvgIpc) is 3.17. The molecule has 1 aliphatic carbocycles. The monoisotopic (exact) mass is 540 g/mol. The summed E-state index contributed by atoms with van der Waals surface area (Å²) in [6.07, 6.45) is 1.03. The molecule has 1 fully saturated rings. The Hall–Kier alpha value is -2.78. The van der Waals surface area contributed by atoms with Gasteiger partial charge in [0.15, 0.2) is 5.82 Å². The number of nitrogens with one attached hydrogen (secondary N) is 1. The Morgan fingerprint density at radius 3 is 2.39 bits per heavy atom. The van der Waals surface area contributed by atoms with E-state index in [1.807, 2.05) is 0 Å². The molecule has 0 bridgehead atoms. The first-order valence-electron chi connectivity index (χ1n) is 11.8. The number of alkyl halides is 3. The van der Waals surface area contributed by atoms with Crippen molar-refractivity contribution in [3.63, 3.8) is 0 Å². The Morgan fingerprint density at radius 2 is 1.75 bits per heavy atom. The molecule has 1 heterocycles. The predicted octanol–water partition coefficient (Wildman–Crippen LogP) is 6.11. The summed E-state index contributed by atoms with van der Waals surface area (Å²) >= 11 is 12.4. The van der Waals surface area contributed by atoms with Crippen molar-refractivity contribution in [1.82, 2.24) is 19.7 Å². The van der Waals surface area contributed by atoms with E-state index >= 15 is 0 Å². The second-order valence-corrected chi connectivity index (χ2v) is 9.66. The van der Waals surface area contributed by atoms with Crippen molar-refractivity contribution in [2.75, 3.05) is 6.54 Å². The Labute approximate surface area is 216 Å². The lowest BCUT2D eigenvalue weighted by atomic mass is 9.89. The van der Waals surface area contributed by atoms with Gasteiger partial charge in [0.1, 0.15) is 0 Å². The van der Waals surface area contributed by atoms with Crippen LogP contribution in [-0.4, -0.2) is 26.8 Å². The number of hydrogen-bond donors (Lipinski definition) is 1. The van der Waals surface area contributed by atoms with E-state index in [4.69, 9.17) is 23.2 Å². The highest BCUT2D eigenvalue weighted by Gasteiger charge is 2.30. The zero-order valence-corrected chi connectivity index (χ0v) is 20.8. The van der Waals surface area contributed by atoms with Crippen molar-refractivity contribution in [3.05, 3.63) is 68.6 Å². The molecule has 0 aliphatic heterocycles. The highest BCUT2D eigenvalue weighted by atomic mass is 35.5. The van der Waals surface area contributed by atoms with Gasteiger partial charge in [-0.15, -0.1) is 5.10 Å². The summed E-state index contributed by atoms with van der Waals surface area (Å²) < 4.78 is 41.6. The number of halogens is 5. The Bertz CT molecular complexity index is 1280. The maximum atomic E-state index is 13.3. The molecule has 0 radical (unpaired) electrons. The van der Waals surface area contributed by atoms with Crippen LogP contribution in [-0.2, 0) is 17.5 Å². The summed E-state index contributed by atoms with van der Waals surface area (Å²) in [6, 6.07) is 8.94. The average molecular weight is 541 g/mol. The van der Waals surface area contributed by atoms with E-state index in [9.17, 15) is 22.8 Å². The summed E-state index contributed by atoms with van der Waals surface area (Å²) in [7, 11) is 0. The summed E-state index contributed by atoms with van der Waals surface area (Å²) in [6.45, 7) is 0.585. The molecule has 1 aromatic heterocycles. The van der Waals surface area contributed by atoms with Gasteiger partial charge in [0.05, 0.1) is 16.3 Å². The van der Waals surface area contributed by atoms with E-state index in [2.05, 4.69) is 10.4 Å². The number of aromatic nitrogens is 3. The number of carbonyl (C=O) groups excluding carboxylic acids is 1. The van der Waals surface area contributed by atoms with Crippen LogP contribution in [0.2, 0.25) is 10.0 Å². The number of rotatable bonds is 7. The van der Waals surface area contributed by atoms with Crippen LogP contribution in [0.25, 0.3) is 17.1 Å². The molecule has 1 amide bonds. The fraction of sp³-hybridized carbons (Fsp3) is 0.400. The highest BCUT2D eigenvalue weighted by molar-refractivity contribution is 6.36. The molecule has 0 spiro atoms. The Morgan fingerprint density at radius 1 is 1.06 bits per heavy atom. The molecule has 1 saturated carbocycles. The lowest BCUT2D eigenvalue weighted by Gasteiger charge is -2.20. The van der Waals surface area contributed by atoms with Crippen molar-refractivity contribution in [1.29, 1.82) is 0 Å². The van der Waals surface area contributed by atoms with Crippen LogP contribution in [0.15, 0.2) is 47.3 Å². The normalized spacial score (nSPS) is 14.7. The third kappa shape index (κ3) is 5.95. The molecule has 0 atom stereocenters. The van der Waals surface area contributed by atoms with Gasteiger partial charge in [0, 0.05) is 29.6 Å². The van der Waals surface area contributed by atoms with Gasteiger partial charge in [-0.1, -0.05) is 42.5 Å². The molecule has 1 N–H and O–H groups in total. The van der Waals surface area contributed by atoms with Gasteiger partial charge >= 0.3 is 11.9 Å². The van der Waals surface area contributed by atoms with Crippen LogP contribution in [0.1, 0.15) is 44.1 Å². The topological polar surface area (TPSA) is 68.9 Å². The minimum Gasteiger partial charge on any atom is -0.356 e. The van der Waals surface area contributed by atoms with Crippen LogP contribution in [0.5, 0.6) is 0 Å². The zero-order chi connectivity index (χ0) is 25.9. The fourth-order valence-electron chi connectivity index (χ4n) is 4.38. The molecule has 6 nitrogen and oxygen atoms in total.